The number of pyridine rings is 1. The van der Waals surface area contributed by atoms with E-state index in [0.717, 1.165) is 10.8 Å². The van der Waals surface area contributed by atoms with Gasteiger partial charge in [0, 0.05) is 29.4 Å². The number of nitrogens with two attached hydrogens (primary N) is 1. The number of benzene rings is 2. The number of ketones is 1. The number of fused-ring (bicyclic) bond motifs is 1. The lowest BCUT2D eigenvalue weighted by Crippen LogP contribution is -2.11. The highest BCUT2D eigenvalue weighted by Gasteiger charge is 2.20. The van der Waals surface area contributed by atoms with E-state index in [1.807, 2.05) is 6.07 Å². The van der Waals surface area contributed by atoms with Gasteiger partial charge in [-0.3, -0.25) is 9.78 Å². The van der Waals surface area contributed by atoms with Crippen LogP contribution in [0.15, 0.2) is 48.8 Å². The Balaban J connectivity index is 2.17. The summed E-state index contributed by atoms with van der Waals surface area (Å²) in [6.07, 6.45) is 3.32. The van der Waals surface area contributed by atoms with E-state index < -0.39 is 5.82 Å². The van der Waals surface area contributed by atoms with Crippen molar-refractivity contribution in [1.29, 1.82) is 0 Å². The molecule has 1 unspecified atom stereocenters. The average molecular weight is 308 g/mol. The Bertz CT molecular complexity index is 875. The van der Waals surface area contributed by atoms with Crippen LogP contribution in [-0.2, 0) is 0 Å². The van der Waals surface area contributed by atoms with Crippen LogP contribution in [-0.4, -0.2) is 10.8 Å². The molecule has 2 N–H and O–H groups in total. The van der Waals surface area contributed by atoms with Gasteiger partial charge in [0.25, 0.3) is 0 Å². The molecule has 0 amide bonds. The van der Waals surface area contributed by atoms with Crippen LogP contribution in [0.3, 0.4) is 0 Å². The highest BCUT2D eigenvalue weighted by atomic mass is 19.1. The van der Waals surface area contributed by atoms with Gasteiger partial charge >= 0.3 is 0 Å². The SMILES string of the molecule is Cc1cc(C(C)N)cc(F)c1C(=O)c1cccc2cnccc12. The highest BCUT2D eigenvalue weighted by Crippen LogP contribution is 2.25. The van der Waals surface area contributed by atoms with E-state index >= 15 is 0 Å². The maximum Gasteiger partial charge on any atom is 0.196 e. The molecular formula is C19H17FN2O. The summed E-state index contributed by atoms with van der Waals surface area (Å²) in [6.45, 7) is 3.52. The molecule has 0 aliphatic carbocycles. The fourth-order valence-corrected chi connectivity index (χ4v) is 2.78. The normalized spacial score (nSPS) is 12.3. The van der Waals surface area contributed by atoms with E-state index in [0.29, 0.717) is 16.7 Å². The summed E-state index contributed by atoms with van der Waals surface area (Å²) < 4.78 is 14.5. The first-order chi connectivity index (χ1) is 11.0. The van der Waals surface area contributed by atoms with E-state index in [1.54, 1.807) is 50.5 Å². The standard InChI is InChI=1S/C19H17FN2O/c1-11-8-14(12(2)21)9-17(20)18(11)19(23)16-5-3-4-13-10-22-7-6-15(13)16/h3-10,12H,21H2,1-2H3. The summed E-state index contributed by atoms with van der Waals surface area (Å²) in [5, 5.41) is 1.62. The first-order valence-electron chi connectivity index (χ1n) is 7.42. The number of aryl methyl sites for hydroxylation is 1. The summed E-state index contributed by atoms with van der Waals surface area (Å²) >= 11 is 0. The summed E-state index contributed by atoms with van der Waals surface area (Å²) in [4.78, 5) is 16.9. The number of halogens is 1. The Morgan fingerprint density at radius 1 is 1.26 bits per heavy atom. The lowest BCUT2D eigenvalue weighted by molar-refractivity contribution is 0.103. The summed E-state index contributed by atoms with van der Waals surface area (Å²) in [5.41, 5.74) is 7.64. The molecule has 23 heavy (non-hydrogen) atoms. The van der Waals surface area contributed by atoms with Crippen molar-refractivity contribution in [2.24, 2.45) is 5.73 Å². The van der Waals surface area contributed by atoms with Gasteiger partial charge in [-0.15, -0.1) is 0 Å². The molecule has 4 heteroatoms. The molecule has 0 spiro atoms. The Morgan fingerprint density at radius 2 is 2.04 bits per heavy atom. The molecule has 116 valence electrons. The second-order valence-electron chi connectivity index (χ2n) is 5.71. The maximum absolute atomic E-state index is 14.5. The Morgan fingerprint density at radius 3 is 2.74 bits per heavy atom. The molecule has 0 saturated heterocycles. The van der Waals surface area contributed by atoms with Crippen LogP contribution in [0, 0.1) is 12.7 Å². The van der Waals surface area contributed by atoms with Gasteiger partial charge in [-0.25, -0.2) is 4.39 Å². The zero-order valence-corrected chi connectivity index (χ0v) is 13.0. The van der Waals surface area contributed by atoms with Gasteiger partial charge in [0.1, 0.15) is 5.82 Å². The van der Waals surface area contributed by atoms with Gasteiger partial charge in [-0.05, 0) is 42.5 Å². The van der Waals surface area contributed by atoms with Crippen LogP contribution in [0.25, 0.3) is 10.8 Å². The molecule has 1 heterocycles. The molecule has 1 atom stereocenters. The molecule has 2 aromatic carbocycles. The number of carbonyl (C=O) groups excluding carboxylic acids is 1. The predicted molar refractivity (Wildman–Crippen MR) is 88.9 cm³/mol. The van der Waals surface area contributed by atoms with Crippen molar-refractivity contribution < 1.29 is 9.18 Å². The number of carbonyl (C=O) groups is 1. The Hall–Kier alpha value is -2.59. The van der Waals surface area contributed by atoms with Crippen molar-refractivity contribution in [3.05, 3.63) is 76.9 Å². The van der Waals surface area contributed by atoms with E-state index in [-0.39, 0.29) is 17.4 Å². The van der Waals surface area contributed by atoms with E-state index in [9.17, 15) is 9.18 Å². The lowest BCUT2D eigenvalue weighted by Gasteiger charge is -2.13. The number of rotatable bonds is 3. The van der Waals surface area contributed by atoms with Gasteiger partial charge in [0.2, 0.25) is 0 Å². The molecule has 3 nitrogen and oxygen atoms in total. The minimum atomic E-state index is -0.534. The topological polar surface area (TPSA) is 56.0 Å². The summed E-state index contributed by atoms with van der Waals surface area (Å²) in [6, 6.07) is 9.97. The average Bonchev–Trinajstić information content (AvgIpc) is 2.53. The Labute approximate surface area is 134 Å². The number of hydrogen-bond acceptors (Lipinski definition) is 3. The Kier molecular flexibility index (Phi) is 3.92. The van der Waals surface area contributed by atoms with Crippen LogP contribution < -0.4 is 5.73 Å². The molecule has 3 aromatic rings. The predicted octanol–water partition coefficient (Wildman–Crippen LogP) is 3.93. The lowest BCUT2D eigenvalue weighted by atomic mass is 9.93. The van der Waals surface area contributed by atoms with Crippen LogP contribution in [0.5, 0.6) is 0 Å². The first-order valence-corrected chi connectivity index (χ1v) is 7.42. The zero-order valence-electron chi connectivity index (χ0n) is 13.0. The first kappa shape index (κ1) is 15.3. The van der Waals surface area contributed by atoms with Gasteiger partial charge < -0.3 is 5.73 Å². The van der Waals surface area contributed by atoms with Crippen molar-refractivity contribution in [3.63, 3.8) is 0 Å². The molecule has 1 aromatic heterocycles. The molecular weight excluding hydrogens is 291 g/mol. The molecule has 0 aliphatic heterocycles. The minimum absolute atomic E-state index is 0.0960. The van der Waals surface area contributed by atoms with Crippen LogP contribution >= 0.6 is 0 Å². The fourth-order valence-electron chi connectivity index (χ4n) is 2.78. The quantitative estimate of drug-likeness (QED) is 0.746. The zero-order chi connectivity index (χ0) is 16.6. The third kappa shape index (κ3) is 2.73. The third-order valence-electron chi connectivity index (χ3n) is 3.99. The van der Waals surface area contributed by atoms with Gasteiger partial charge in [0.15, 0.2) is 5.78 Å². The van der Waals surface area contributed by atoms with Crippen molar-refractivity contribution in [2.45, 2.75) is 19.9 Å². The smallest absolute Gasteiger partial charge is 0.196 e. The van der Waals surface area contributed by atoms with Crippen molar-refractivity contribution in [1.82, 2.24) is 4.98 Å². The van der Waals surface area contributed by atoms with Gasteiger partial charge in [-0.1, -0.05) is 24.3 Å². The van der Waals surface area contributed by atoms with Crippen molar-refractivity contribution >= 4 is 16.6 Å². The largest absolute Gasteiger partial charge is 0.324 e. The monoisotopic (exact) mass is 308 g/mol. The van der Waals surface area contributed by atoms with E-state index in [4.69, 9.17) is 5.73 Å². The van der Waals surface area contributed by atoms with Crippen LogP contribution in [0.4, 0.5) is 4.39 Å². The van der Waals surface area contributed by atoms with Gasteiger partial charge in [0.05, 0.1) is 5.56 Å². The second kappa shape index (κ2) is 5.89. The third-order valence-corrected chi connectivity index (χ3v) is 3.99. The van der Waals surface area contributed by atoms with Crippen molar-refractivity contribution in [2.75, 3.05) is 0 Å². The molecule has 3 rings (SSSR count). The number of nitrogens with zero attached hydrogens (tertiary/aromatic N) is 1. The molecule has 0 radical (unpaired) electrons. The van der Waals surface area contributed by atoms with Crippen LogP contribution in [0.2, 0.25) is 0 Å². The highest BCUT2D eigenvalue weighted by molar-refractivity contribution is 6.17. The molecule has 0 saturated carbocycles. The molecule has 0 aliphatic rings. The van der Waals surface area contributed by atoms with Crippen molar-refractivity contribution in [3.8, 4) is 0 Å². The summed E-state index contributed by atoms with van der Waals surface area (Å²) in [7, 11) is 0. The van der Waals surface area contributed by atoms with Gasteiger partial charge in [-0.2, -0.15) is 0 Å². The molecule has 0 bridgehead atoms. The number of aromatic nitrogens is 1. The maximum atomic E-state index is 14.5. The van der Waals surface area contributed by atoms with E-state index in [2.05, 4.69) is 4.98 Å². The van der Waals surface area contributed by atoms with Crippen LogP contribution in [0.1, 0.15) is 40.0 Å². The van der Waals surface area contributed by atoms with E-state index in [1.165, 1.54) is 6.07 Å². The second-order valence-corrected chi connectivity index (χ2v) is 5.71. The fraction of sp³-hybridized carbons (Fsp3) is 0.158. The molecule has 0 fully saturated rings. The minimum Gasteiger partial charge on any atom is -0.324 e. The summed E-state index contributed by atoms with van der Waals surface area (Å²) in [5.74, 6) is -0.860. The number of hydrogen-bond donors (Lipinski definition) is 1.